The minimum atomic E-state index is 0.0219. The van der Waals surface area contributed by atoms with Gasteiger partial charge in [0, 0.05) is 39.1 Å². The molecule has 1 aliphatic rings. The van der Waals surface area contributed by atoms with E-state index >= 15 is 0 Å². The average Bonchev–Trinajstić information content (AvgIpc) is 2.38. The maximum Gasteiger partial charge on any atom is 0.251 e. The van der Waals surface area contributed by atoms with E-state index in [-0.39, 0.29) is 5.91 Å². The molecule has 1 unspecified atom stereocenters. The highest BCUT2D eigenvalue weighted by Gasteiger charge is 2.15. The molecule has 1 aromatic rings. The molecular weight excluding hydrogens is 318 g/mol. The topological polar surface area (TPSA) is 29.1 Å². The van der Waals surface area contributed by atoms with Crippen LogP contribution >= 0.6 is 39.5 Å². The zero-order chi connectivity index (χ0) is 12.1. The highest BCUT2D eigenvalue weighted by atomic mass is 79.9. The summed E-state index contributed by atoms with van der Waals surface area (Å²) in [5.41, 5.74) is 0.724. The zero-order valence-corrected chi connectivity index (χ0v) is 12.5. The maximum atomic E-state index is 11.9. The van der Waals surface area contributed by atoms with Crippen molar-refractivity contribution >= 4 is 45.4 Å². The first-order chi connectivity index (χ1) is 8.25. The van der Waals surface area contributed by atoms with Crippen molar-refractivity contribution in [2.75, 3.05) is 23.8 Å². The van der Waals surface area contributed by atoms with Crippen LogP contribution in [-0.4, -0.2) is 35.0 Å². The van der Waals surface area contributed by atoms with Crippen LogP contribution < -0.4 is 5.32 Å². The van der Waals surface area contributed by atoms with Gasteiger partial charge in [0.05, 0.1) is 0 Å². The molecular formula is C12H14BrNOS2. The Balaban J connectivity index is 1.82. The SMILES string of the molecule is O=C(NCC1CSCCS1)c1ccc(Br)cc1. The van der Waals surface area contributed by atoms with Crippen LogP contribution in [0.25, 0.3) is 0 Å². The predicted octanol–water partition coefficient (Wildman–Crippen LogP) is 3.03. The second-order valence-corrected chi connectivity index (χ2v) is 7.26. The Morgan fingerprint density at radius 3 is 2.76 bits per heavy atom. The number of thioether (sulfide) groups is 2. The predicted molar refractivity (Wildman–Crippen MR) is 80.0 cm³/mol. The summed E-state index contributed by atoms with van der Waals surface area (Å²) in [5.74, 6) is 3.60. The molecule has 0 bridgehead atoms. The van der Waals surface area contributed by atoms with Gasteiger partial charge in [-0.3, -0.25) is 4.79 Å². The third-order valence-corrected chi connectivity index (χ3v) is 5.86. The highest BCUT2D eigenvalue weighted by Crippen LogP contribution is 2.23. The smallest absolute Gasteiger partial charge is 0.251 e. The summed E-state index contributed by atoms with van der Waals surface area (Å²) in [6, 6.07) is 7.45. The van der Waals surface area contributed by atoms with Gasteiger partial charge in [-0.1, -0.05) is 15.9 Å². The second kappa shape index (κ2) is 6.71. The Morgan fingerprint density at radius 2 is 2.12 bits per heavy atom. The van der Waals surface area contributed by atoms with Crippen LogP contribution in [0.1, 0.15) is 10.4 Å². The van der Waals surface area contributed by atoms with Gasteiger partial charge >= 0.3 is 0 Å². The molecule has 0 spiro atoms. The van der Waals surface area contributed by atoms with Crippen molar-refractivity contribution < 1.29 is 4.79 Å². The van der Waals surface area contributed by atoms with Crippen molar-refractivity contribution in [2.24, 2.45) is 0 Å². The van der Waals surface area contributed by atoms with E-state index in [0.717, 1.165) is 22.3 Å². The number of rotatable bonds is 3. The number of carbonyl (C=O) groups is 1. The van der Waals surface area contributed by atoms with E-state index in [9.17, 15) is 4.79 Å². The third kappa shape index (κ3) is 4.23. The van der Waals surface area contributed by atoms with Gasteiger partial charge in [-0.2, -0.15) is 23.5 Å². The summed E-state index contributed by atoms with van der Waals surface area (Å²) in [4.78, 5) is 11.9. The molecule has 1 heterocycles. The minimum Gasteiger partial charge on any atom is -0.351 e. The van der Waals surface area contributed by atoms with E-state index in [1.807, 2.05) is 47.8 Å². The van der Waals surface area contributed by atoms with E-state index in [0.29, 0.717) is 5.25 Å². The average molecular weight is 332 g/mol. The Hall–Kier alpha value is -0.130. The van der Waals surface area contributed by atoms with Crippen LogP contribution in [0.15, 0.2) is 28.7 Å². The number of carbonyl (C=O) groups excluding carboxylic acids is 1. The molecule has 17 heavy (non-hydrogen) atoms. The second-order valence-electron chi connectivity index (χ2n) is 3.78. The van der Waals surface area contributed by atoms with E-state index < -0.39 is 0 Å². The summed E-state index contributed by atoms with van der Waals surface area (Å²) >= 11 is 7.29. The van der Waals surface area contributed by atoms with Gasteiger partial charge in [0.25, 0.3) is 5.91 Å². The normalized spacial score (nSPS) is 19.9. The van der Waals surface area contributed by atoms with Crippen molar-refractivity contribution in [3.63, 3.8) is 0 Å². The molecule has 0 radical (unpaired) electrons. The lowest BCUT2D eigenvalue weighted by atomic mass is 10.2. The molecule has 1 fully saturated rings. The van der Waals surface area contributed by atoms with Crippen LogP contribution in [0.5, 0.6) is 0 Å². The summed E-state index contributed by atoms with van der Waals surface area (Å²) < 4.78 is 0.994. The lowest BCUT2D eigenvalue weighted by Gasteiger charge is -2.21. The van der Waals surface area contributed by atoms with E-state index in [1.165, 1.54) is 11.5 Å². The van der Waals surface area contributed by atoms with Gasteiger partial charge in [-0.25, -0.2) is 0 Å². The van der Waals surface area contributed by atoms with Gasteiger partial charge < -0.3 is 5.32 Å². The summed E-state index contributed by atoms with van der Waals surface area (Å²) in [6.45, 7) is 0.770. The Labute approximate surface area is 118 Å². The molecule has 0 aromatic heterocycles. The quantitative estimate of drug-likeness (QED) is 0.923. The molecule has 1 N–H and O–H groups in total. The van der Waals surface area contributed by atoms with E-state index in [1.54, 1.807) is 0 Å². The van der Waals surface area contributed by atoms with Gasteiger partial charge in [-0.05, 0) is 24.3 Å². The van der Waals surface area contributed by atoms with Crippen molar-refractivity contribution in [2.45, 2.75) is 5.25 Å². The van der Waals surface area contributed by atoms with Gasteiger partial charge in [0.15, 0.2) is 0 Å². The fourth-order valence-corrected chi connectivity index (χ4v) is 4.44. The number of benzene rings is 1. The van der Waals surface area contributed by atoms with Crippen LogP contribution in [0.2, 0.25) is 0 Å². The van der Waals surface area contributed by atoms with Gasteiger partial charge in [0.1, 0.15) is 0 Å². The summed E-state index contributed by atoms with van der Waals surface area (Å²) in [6.07, 6.45) is 0. The molecule has 1 saturated heterocycles. The van der Waals surface area contributed by atoms with Gasteiger partial charge in [-0.15, -0.1) is 0 Å². The lowest BCUT2D eigenvalue weighted by Crippen LogP contribution is -2.33. The Bertz CT molecular complexity index is 377. The summed E-state index contributed by atoms with van der Waals surface area (Å²) in [5, 5.41) is 3.56. The monoisotopic (exact) mass is 331 g/mol. The molecule has 5 heteroatoms. The van der Waals surface area contributed by atoms with E-state index in [2.05, 4.69) is 21.2 Å². The molecule has 0 saturated carbocycles. The molecule has 0 aliphatic carbocycles. The number of halogens is 1. The van der Waals surface area contributed by atoms with E-state index in [4.69, 9.17) is 0 Å². The molecule has 1 amide bonds. The van der Waals surface area contributed by atoms with Gasteiger partial charge in [0.2, 0.25) is 0 Å². The lowest BCUT2D eigenvalue weighted by molar-refractivity contribution is 0.0954. The molecule has 1 aliphatic heterocycles. The largest absolute Gasteiger partial charge is 0.351 e. The first kappa shape index (κ1) is 13.3. The summed E-state index contributed by atoms with van der Waals surface area (Å²) in [7, 11) is 0. The number of hydrogen-bond donors (Lipinski definition) is 1. The van der Waals surface area contributed by atoms with Crippen LogP contribution in [0, 0.1) is 0 Å². The van der Waals surface area contributed by atoms with Crippen molar-refractivity contribution in [3.05, 3.63) is 34.3 Å². The molecule has 2 nitrogen and oxygen atoms in total. The molecule has 1 atom stereocenters. The van der Waals surface area contributed by atoms with Crippen LogP contribution in [-0.2, 0) is 0 Å². The number of hydrogen-bond acceptors (Lipinski definition) is 3. The Morgan fingerprint density at radius 1 is 1.35 bits per heavy atom. The first-order valence-electron chi connectivity index (χ1n) is 5.49. The maximum absolute atomic E-state index is 11.9. The molecule has 1 aromatic carbocycles. The zero-order valence-electron chi connectivity index (χ0n) is 9.32. The molecule has 2 rings (SSSR count). The Kier molecular flexibility index (Phi) is 5.25. The highest BCUT2D eigenvalue weighted by molar-refractivity contribution is 9.10. The van der Waals surface area contributed by atoms with Crippen molar-refractivity contribution in [1.29, 1.82) is 0 Å². The molecule has 92 valence electrons. The third-order valence-electron chi connectivity index (χ3n) is 2.48. The number of amides is 1. The van der Waals surface area contributed by atoms with Crippen molar-refractivity contribution in [1.82, 2.24) is 5.32 Å². The fourth-order valence-electron chi connectivity index (χ4n) is 1.56. The number of nitrogens with one attached hydrogen (secondary N) is 1. The minimum absolute atomic E-state index is 0.0219. The van der Waals surface area contributed by atoms with Crippen LogP contribution in [0.3, 0.4) is 0 Å². The standard InChI is InChI=1S/C12H14BrNOS2/c13-10-3-1-9(2-4-10)12(15)14-7-11-8-16-5-6-17-11/h1-4,11H,5-8H2,(H,14,15). The van der Waals surface area contributed by atoms with Crippen molar-refractivity contribution in [3.8, 4) is 0 Å². The first-order valence-corrected chi connectivity index (χ1v) is 8.48. The fraction of sp³-hybridized carbons (Fsp3) is 0.417. The van der Waals surface area contributed by atoms with Crippen LogP contribution in [0.4, 0.5) is 0 Å².